The van der Waals surface area contributed by atoms with Gasteiger partial charge in [0.25, 0.3) is 0 Å². The van der Waals surface area contributed by atoms with E-state index >= 15 is 0 Å². The van der Waals surface area contributed by atoms with E-state index in [0.717, 1.165) is 0 Å². The van der Waals surface area contributed by atoms with E-state index in [4.69, 9.17) is 10.2 Å². The van der Waals surface area contributed by atoms with Crippen molar-refractivity contribution in [1.29, 1.82) is 0 Å². The molecular formula is C17H31N3O8. The van der Waals surface area contributed by atoms with Crippen LogP contribution in [0.4, 0.5) is 0 Å². The Bertz CT molecular complexity index is 538. The molecule has 0 aliphatic heterocycles. The lowest BCUT2D eigenvalue weighted by atomic mass is 10.1. The maximum absolute atomic E-state index is 12.5. The molecule has 0 bridgehead atoms. The zero-order chi connectivity index (χ0) is 21.9. The van der Waals surface area contributed by atoms with Gasteiger partial charge < -0.3 is 36.4 Å². The van der Waals surface area contributed by atoms with Crippen molar-refractivity contribution in [3.05, 3.63) is 0 Å². The molecule has 0 heterocycles. The molecule has 162 valence electrons. The van der Waals surface area contributed by atoms with Crippen LogP contribution in [-0.4, -0.2) is 81.1 Å². The number of carboxylic acid groups (broad SMARTS) is 1. The van der Waals surface area contributed by atoms with Crippen LogP contribution in [0.15, 0.2) is 0 Å². The Labute approximate surface area is 163 Å². The minimum Gasteiger partial charge on any atom is -0.480 e. The zero-order valence-corrected chi connectivity index (χ0v) is 16.3. The molecule has 0 spiro atoms. The van der Waals surface area contributed by atoms with Crippen LogP contribution in [0, 0.1) is 0 Å². The van der Waals surface area contributed by atoms with Crippen molar-refractivity contribution in [3.63, 3.8) is 0 Å². The minimum atomic E-state index is -1.52. The van der Waals surface area contributed by atoms with Crippen LogP contribution >= 0.6 is 0 Å². The predicted molar refractivity (Wildman–Crippen MR) is 98.0 cm³/mol. The van der Waals surface area contributed by atoms with E-state index in [1.54, 1.807) is 0 Å². The third kappa shape index (κ3) is 9.62. The monoisotopic (exact) mass is 405 g/mol. The molecule has 0 saturated carbocycles. The zero-order valence-electron chi connectivity index (χ0n) is 16.3. The predicted octanol–water partition coefficient (Wildman–Crippen LogP) is -2.14. The summed E-state index contributed by atoms with van der Waals surface area (Å²) < 4.78 is 0. The smallest absolute Gasteiger partial charge is 0.328 e. The number of hydrogen-bond donors (Lipinski definition) is 7. The Kier molecular flexibility index (Phi) is 12.0. The largest absolute Gasteiger partial charge is 0.480 e. The first kappa shape index (κ1) is 25.8. The van der Waals surface area contributed by atoms with Crippen LogP contribution in [0.1, 0.15) is 46.5 Å². The minimum absolute atomic E-state index is 0.194. The quantitative estimate of drug-likeness (QED) is 0.181. The topological polar surface area (TPSA) is 185 Å². The van der Waals surface area contributed by atoms with E-state index in [2.05, 4.69) is 16.0 Å². The van der Waals surface area contributed by atoms with E-state index in [9.17, 15) is 29.4 Å². The molecule has 11 nitrogen and oxygen atoms in total. The van der Waals surface area contributed by atoms with Crippen molar-refractivity contribution in [2.24, 2.45) is 0 Å². The Hall–Kier alpha value is -2.24. The van der Waals surface area contributed by atoms with Gasteiger partial charge in [-0.3, -0.25) is 14.4 Å². The van der Waals surface area contributed by atoms with Crippen molar-refractivity contribution in [2.75, 3.05) is 6.61 Å². The molecule has 0 aromatic heterocycles. The number of aliphatic hydroxyl groups excluding tert-OH is 3. The van der Waals surface area contributed by atoms with Gasteiger partial charge in [0.1, 0.15) is 18.1 Å². The van der Waals surface area contributed by atoms with Gasteiger partial charge >= 0.3 is 5.97 Å². The average Bonchev–Trinajstić information content (AvgIpc) is 2.59. The van der Waals surface area contributed by atoms with Gasteiger partial charge in [-0.25, -0.2) is 4.79 Å². The summed E-state index contributed by atoms with van der Waals surface area (Å²) in [6.07, 6.45) is -1.05. The van der Waals surface area contributed by atoms with E-state index in [1.165, 1.54) is 13.8 Å². The molecule has 0 fully saturated rings. The number of amides is 3. The number of unbranched alkanes of at least 4 members (excludes halogenated alkanes) is 1. The molecule has 0 aromatic carbocycles. The van der Waals surface area contributed by atoms with E-state index in [-0.39, 0.29) is 12.8 Å². The maximum atomic E-state index is 12.5. The maximum Gasteiger partial charge on any atom is 0.328 e. The number of aliphatic carboxylic acids is 1. The molecule has 0 unspecified atom stereocenters. The summed E-state index contributed by atoms with van der Waals surface area (Å²) in [5.74, 6) is -3.72. The SMILES string of the molecule is CCCC[C@H](NC(=O)[C@@H](NC(=O)C[C@@H](C)O)[C@@H](C)O)C(=O)N[C@@H](CO)C(=O)O. The fourth-order valence-corrected chi connectivity index (χ4v) is 2.30. The van der Waals surface area contributed by atoms with Crippen molar-refractivity contribution >= 4 is 23.7 Å². The molecule has 5 atom stereocenters. The molecule has 0 rings (SSSR count). The highest BCUT2D eigenvalue weighted by molar-refractivity contribution is 5.93. The number of rotatable bonds is 13. The summed E-state index contributed by atoms with van der Waals surface area (Å²) in [4.78, 5) is 47.6. The van der Waals surface area contributed by atoms with Gasteiger partial charge in [0, 0.05) is 0 Å². The van der Waals surface area contributed by atoms with Crippen LogP contribution < -0.4 is 16.0 Å². The highest BCUT2D eigenvalue weighted by Crippen LogP contribution is 2.04. The lowest BCUT2D eigenvalue weighted by molar-refractivity contribution is -0.143. The number of nitrogens with one attached hydrogen (secondary N) is 3. The van der Waals surface area contributed by atoms with Crippen molar-refractivity contribution < 1.29 is 39.6 Å². The molecular weight excluding hydrogens is 374 g/mol. The summed E-state index contributed by atoms with van der Waals surface area (Å²) >= 11 is 0. The van der Waals surface area contributed by atoms with E-state index in [0.29, 0.717) is 12.8 Å². The van der Waals surface area contributed by atoms with Gasteiger partial charge in [0.05, 0.1) is 25.2 Å². The first-order chi connectivity index (χ1) is 13.0. The van der Waals surface area contributed by atoms with Crippen LogP contribution in [0.2, 0.25) is 0 Å². The lowest BCUT2D eigenvalue weighted by Gasteiger charge is -2.25. The molecule has 28 heavy (non-hydrogen) atoms. The fraction of sp³-hybridized carbons (Fsp3) is 0.765. The first-order valence-electron chi connectivity index (χ1n) is 9.13. The highest BCUT2D eigenvalue weighted by atomic mass is 16.4. The molecule has 11 heteroatoms. The van der Waals surface area contributed by atoms with Gasteiger partial charge in [-0.2, -0.15) is 0 Å². The van der Waals surface area contributed by atoms with Crippen molar-refractivity contribution in [3.8, 4) is 0 Å². The normalized spacial score (nSPS) is 16.2. The second-order valence-electron chi connectivity index (χ2n) is 6.62. The summed E-state index contributed by atoms with van der Waals surface area (Å²) in [6.45, 7) is 3.71. The third-order valence-corrected chi connectivity index (χ3v) is 3.84. The summed E-state index contributed by atoms with van der Waals surface area (Å²) in [5.41, 5.74) is 0. The first-order valence-corrected chi connectivity index (χ1v) is 9.13. The van der Waals surface area contributed by atoms with Crippen LogP contribution in [-0.2, 0) is 19.2 Å². The number of hydrogen-bond acceptors (Lipinski definition) is 7. The van der Waals surface area contributed by atoms with Gasteiger partial charge in [0.2, 0.25) is 17.7 Å². The number of carbonyl (C=O) groups is 4. The second-order valence-corrected chi connectivity index (χ2v) is 6.62. The third-order valence-electron chi connectivity index (χ3n) is 3.84. The van der Waals surface area contributed by atoms with E-state index < -0.39 is 60.6 Å². The summed E-state index contributed by atoms with van der Waals surface area (Å²) in [6, 6.07) is -4.00. The molecule has 3 amide bonds. The molecule has 0 aromatic rings. The number of carboxylic acids is 1. The molecule has 0 aliphatic carbocycles. The Morgan fingerprint density at radius 1 is 0.929 bits per heavy atom. The Balaban J connectivity index is 5.19. The molecule has 0 aliphatic rings. The molecule has 7 N–H and O–H groups in total. The number of aliphatic hydroxyl groups is 3. The van der Waals surface area contributed by atoms with Gasteiger partial charge in [-0.05, 0) is 20.3 Å². The van der Waals surface area contributed by atoms with E-state index in [1.807, 2.05) is 6.92 Å². The lowest BCUT2D eigenvalue weighted by Crippen LogP contribution is -2.58. The Morgan fingerprint density at radius 2 is 1.50 bits per heavy atom. The summed E-state index contributed by atoms with van der Waals surface area (Å²) in [7, 11) is 0. The average molecular weight is 405 g/mol. The highest BCUT2D eigenvalue weighted by Gasteiger charge is 2.31. The van der Waals surface area contributed by atoms with Crippen molar-refractivity contribution in [1.82, 2.24) is 16.0 Å². The summed E-state index contributed by atoms with van der Waals surface area (Å²) in [5, 5.41) is 43.8. The Morgan fingerprint density at radius 3 is 1.93 bits per heavy atom. The fourth-order valence-electron chi connectivity index (χ4n) is 2.30. The van der Waals surface area contributed by atoms with Crippen molar-refractivity contribution in [2.45, 2.75) is 76.8 Å². The van der Waals surface area contributed by atoms with Crippen LogP contribution in [0.3, 0.4) is 0 Å². The van der Waals surface area contributed by atoms with Crippen LogP contribution in [0.25, 0.3) is 0 Å². The van der Waals surface area contributed by atoms with Gasteiger partial charge in [0.15, 0.2) is 0 Å². The van der Waals surface area contributed by atoms with Crippen LogP contribution in [0.5, 0.6) is 0 Å². The van der Waals surface area contributed by atoms with Gasteiger partial charge in [-0.15, -0.1) is 0 Å². The standard InChI is InChI=1S/C17H31N3O8/c1-4-5-6-11(15(25)19-12(8-21)17(27)28)18-16(26)14(10(3)23)20-13(24)7-9(2)22/h9-12,14,21-23H,4-8H2,1-3H3,(H,18,26)(H,19,25)(H,20,24)(H,27,28)/t9-,10-,11+,12+,14+/m1/s1. The molecule has 0 saturated heterocycles. The number of carbonyl (C=O) groups excluding carboxylic acids is 3. The van der Waals surface area contributed by atoms with Gasteiger partial charge in [-0.1, -0.05) is 19.8 Å². The molecule has 0 radical (unpaired) electrons. The second kappa shape index (κ2) is 13.0.